The Morgan fingerprint density at radius 1 is 0.956 bits per heavy atom. The number of unbranched alkanes of at least 4 members (excludes halogenated alkanes) is 6. The molecule has 0 unspecified atom stereocenters. The molecule has 2 saturated heterocycles. The Morgan fingerprint density at radius 3 is 2.38 bits per heavy atom. The SMILES string of the molecule is COc1cccc(F)c1-c1nccc(C(=O)Nc2ccc(-c3cnccc3C#N)cc2N2CCN(CC(=O)NCCCCCCCCCC(=O)N[C@H](C(=O)N3C[C@H](O)C[C@H]3C)C(C)(C)C)CC2)n1. The maximum absolute atomic E-state index is 14.9. The molecule has 0 radical (unpaired) electrons. The summed E-state index contributed by atoms with van der Waals surface area (Å²) in [5, 5.41) is 28.9. The van der Waals surface area contributed by atoms with E-state index in [0.717, 1.165) is 56.2 Å². The number of hydrogen-bond acceptors (Lipinski definition) is 12. The van der Waals surface area contributed by atoms with Crippen LogP contribution in [0.1, 0.15) is 102 Å². The van der Waals surface area contributed by atoms with E-state index in [-0.39, 0.29) is 53.1 Å². The van der Waals surface area contributed by atoms with Gasteiger partial charge in [-0.25, -0.2) is 14.4 Å². The zero-order valence-electron chi connectivity index (χ0n) is 39.9. The second-order valence-corrected chi connectivity index (χ2v) is 18.7. The van der Waals surface area contributed by atoms with Crippen molar-refractivity contribution in [3.05, 3.63) is 84.2 Å². The number of methoxy groups -OCH3 is 1. The number of anilines is 2. The first kappa shape index (κ1) is 50.9. The summed E-state index contributed by atoms with van der Waals surface area (Å²) in [6.07, 6.45) is 11.6. The lowest BCUT2D eigenvalue weighted by Crippen LogP contribution is -2.55. The quantitative estimate of drug-likeness (QED) is 0.0716. The number of rotatable bonds is 20. The fourth-order valence-electron chi connectivity index (χ4n) is 8.76. The third-order valence-corrected chi connectivity index (χ3v) is 12.5. The monoisotopic (exact) mass is 933 g/mol. The molecule has 4 aromatic rings. The maximum atomic E-state index is 14.9. The minimum Gasteiger partial charge on any atom is -0.496 e. The van der Waals surface area contributed by atoms with Crippen LogP contribution in [-0.2, 0) is 14.4 Å². The number of aromatic nitrogens is 3. The fraction of sp³-hybridized carbons (Fsp3) is 0.490. The molecule has 0 bridgehead atoms. The van der Waals surface area contributed by atoms with Crippen LogP contribution in [0.3, 0.4) is 0 Å². The number of aliphatic hydroxyl groups excluding tert-OH is 1. The predicted molar refractivity (Wildman–Crippen MR) is 258 cm³/mol. The van der Waals surface area contributed by atoms with E-state index in [0.29, 0.717) is 68.9 Å². The van der Waals surface area contributed by atoms with Gasteiger partial charge in [0.2, 0.25) is 17.7 Å². The maximum Gasteiger partial charge on any atom is 0.274 e. The van der Waals surface area contributed by atoms with Gasteiger partial charge in [0.1, 0.15) is 23.3 Å². The molecule has 2 aliphatic heterocycles. The van der Waals surface area contributed by atoms with Crippen LogP contribution < -0.4 is 25.6 Å². The Kier molecular flexibility index (Phi) is 17.9. The molecule has 0 spiro atoms. The van der Waals surface area contributed by atoms with Crippen molar-refractivity contribution < 1.29 is 33.4 Å². The summed E-state index contributed by atoms with van der Waals surface area (Å²) in [4.78, 5) is 71.6. The second kappa shape index (κ2) is 24.0. The molecule has 0 saturated carbocycles. The van der Waals surface area contributed by atoms with E-state index in [4.69, 9.17) is 4.74 Å². The number of ether oxygens (including phenoxy) is 1. The van der Waals surface area contributed by atoms with Crippen LogP contribution in [0, 0.1) is 22.6 Å². The molecule has 0 aliphatic carbocycles. The predicted octanol–water partition coefficient (Wildman–Crippen LogP) is 6.35. The van der Waals surface area contributed by atoms with Crippen LogP contribution in [0.4, 0.5) is 15.8 Å². The van der Waals surface area contributed by atoms with Crippen molar-refractivity contribution in [1.29, 1.82) is 5.26 Å². The number of hydrogen-bond donors (Lipinski definition) is 4. The van der Waals surface area contributed by atoms with Gasteiger partial charge in [-0.05, 0) is 73.6 Å². The van der Waals surface area contributed by atoms with Gasteiger partial charge in [0.25, 0.3) is 5.91 Å². The van der Waals surface area contributed by atoms with Gasteiger partial charge in [-0.3, -0.25) is 29.1 Å². The third-order valence-electron chi connectivity index (χ3n) is 12.5. The molecule has 16 nitrogen and oxygen atoms in total. The minimum absolute atomic E-state index is 0.00431. The number of β-amino-alcohol motifs (C(OH)–C–C–N with tert-alkyl or cyclic N) is 1. The standard InChI is InChI=1S/C51H65FN10O6/c1-34-28-37(63)32-62(34)50(67)47(51(2,3)4)59-44(64)16-11-9-7-6-8-10-12-21-55-45(65)33-60-24-26-61(27-25-60)42-29-35(38-31-54-22-19-36(38)30-53)17-18-40(42)58-49(66)41-20-23-56-48(57-41)46-39(52)14-13-15-43(46)68-5/h13-15,17-20,22-23,29,31,34,37,47,63H,6-12,16,21,24-28,32-33H2,1-5H3,(H,55,65)(H,58,66)(H,59,64)/t34-,37-,47-/m1/s1. The number of carbonyl (C=O) groups is 4. The lowest BCUT2D eigenvalue weighted by atomic mass is 9.85. The molecule has 2 aromatic heterocycles. The zero-order chi connectivity index (χ0) is 48.8. The normalized spacial score (nSPS) is 16.7. The highest BCUT2D eigenvalue weighted by molar-refractivity contribution is 6.05. The molecule has 2 aromatic carbocycles. The number of nitriles is 1. The summed E-state index contributed by atoms with van der Waals surface area (Å²) >= 11 is 0. The number of pyridine rings is 1. The summed E-state index contributed by atoms with van der Waals surface area (Å²) in [5.74, 6) is -1.16. The van der Waals surface area contributed by atoms with Crippen molar-refractivity contribution in [2.24, 2.45) is 5.41 Å². The van der Waals surface area contributed by atoms with Crippen molar-refractivity contribution in [2.45, 2.75) is 104 Å². The summed E-state index contributed by atoms with van der Waals surface area (Å²) < 4.78 is 20.2. The number of likely N-dealkylation sites (tertiary alicyclic amines) is 1. The highest BCUT2D eigenvalue weighted by Gasteiger charge is 2.40. The molecule has 4 N–H and O–H groups in total. The second-order valence-electron chi connectivity index (χ2n) is 18.7. The van der Waals surface area contributed by atoms with E-state index in [1.165, 1.54) is 31.5 Å². The number of amides is 4. The summed E-state index contributed by atoms with van der Waals surface area (Å²) in [6.45, 7) is 11.2. The molecule has 3 atom stereocenters. The average Bonchev–Trinajstić information content (AvgIpc) is 3.67. The summed E-state index contributed by atoms with van der Waals surface area (Å²) in [5.41, 5.74) is 2.70. The van der Waals surface area contributed by atoms with Crippen molar-refractivity contribution in [2.75, 3.05) is 63.1 Å². The molecule has 17 heteroatoms. The van der Waals surface area contributed by atoms with Gasteiger partial charge >= 0.3 is 0 Å². The van der Waals surface area contributed by atoms with Gasteiger partial charge < -0.3 is 35.6 Å². The highest BCUT2D eigenvalue weighted by atomic mass is 19.1. The molecule has 6 rings (SSSR count). The van der Waals surface area contributed by atoms with E-state index in [1.54, 1.807) is 35.5 Å². The number of nitrogens with one attached hydrogen (secondary N) is 3. The smallest absolute Gasteiger partial charge is 0.274 e. The van der Waals surface area contributed by atoms with Crippen LogP contribution in [0.15, 0.2) is 67.1 Å². The largest absolute Gasteiger partial charge is 0.496 e. The van der Waals surface area contributed by atoms with Crippen LogP contribution >= 0.6 is 0 Å². The molecular weight excluding hydrogens is 868 g/mol. The minimum atomic E-state index is -0.645. The number of carbonyl (C=O) groups excluding carboxylic acids is 4. The van der Waals surface area contributed by atoms with Crippen molar-refractivity contribution in [3.63, 3.8) is 0 Å². The van der Waals surface area contributed by atoms with Crippen LogP contribution in [0.25, 0.3) is 22.5 Å². The Balaban J connectivity index is 0.935. The van der Waals surface area contributed by atoms with Crippen LogP contribution in [-0.4, -0.2) is 125 Å². The highest BCUT2D eigenvalue weighted by Crippen LogP contribution is 2.35. The average molecular weight is 933 g/mol. The van der Waals surface area contributed by atoms with Crippen LogP contribution in [0.5, 0.6) is 5.75 Å². The van der Waals surface area contributed by atoms with Gasteiger partial charge in [-0.1, -0.05) is 65.0 Å². The first-order valence-electron chi connectivity index (χ1n) is 23.6. The summed E-state index contributed by atoms with van der Waals surface area (Å²) in [7, 11) is 1.42. The van der Waals surface area contributed by atoms with E-state index < -0.39 is 29.3 Å². The Morgan fingerprint density at radius 2 is 1.69 bits per heavy atom. The molecule has 4 amide bonds. The number of halogens is 1. The van der Waals surface area contributed by atoms with E-state index in [1.807, 2.05) is 39.8 Å². The zero-order valence-corrected chi connectivity index (χ0v) is 39.9. The molecule has 68 heavy (non-hydrogen) atoms. The number of piperazine rings is 1. The topological polar surface area (TPSA) is 206 Å². The van der Waals surface area contributed by atoms with E-state index >= 15 is 0 Å². The van der Waals surface area contributed by atoms with Crippen molar-refractivity contribution >= 4 is 35.0 Å². The van der Waals surface area contributed by atoms with Gasteiger partial charge in [0.15, 0.2) is 5.82 Å². The fourth-order valence-corrected chi connectivity index (χ4v) is 8.76. The lowest BCUT2D eigenvalue weighted by molar-refractivity contribution is -0.140. The first-order chi connectivity index (χ1) is 32.7. The van der Waals surface area contributed by atoms with E-state index in [9.17, 15) is 33.9 Å². The number of benzene rings is 2. The molecule has 4 heterocycles. The third kappa shape index (κ3) is 13.6. The molecule has 2 fully saturated rings. The number of aliphatic hydroxyl groups is 1. The van der Waals surface area contributed by atoms with Gasteiger partial charge in [0, 0.05) is 75.9 Å². The molecule has 362 valence electrons. The van der Waals surface area contributed by atoms with Gasteiger partial charge in [-0.15, -0.1) is 0 Å². The van der Waals surface area contributed by atoms with Gasteiger partial charge in [-0.2, -0.15) is 5.26 Å². The Labute approximate surface area is 398 Å². The number of nitrogens with zero attached hydrogens (tertiary/aromatic N) is 7. The molecule has 2 aliphatic rings. The molecular formula is C51H65FN10O6. The Hall–Kier alpha value is -6.51. The summed E-state index contributed by atoms with van der Waals surface area (Å²) in [6, 6.07) is 14.5. The van der Waals surface area contributed by atoms with Gasteiger partial charge in [0.05, 0.1) is 48.3 Å². The van der Waals surface area contributed by atoms with Crippen LogP contribution in [0.2, 0.25) is 0 Å². The van der Waals surface area contributed by atoms with Crippen molar-refractivity contribution in [3.8, 4) is 34.3 Å². The Bertz CT molecular complexity index is 2430. The first-order valence-corrected chi connectivity index (χ1v) is 23.6. The van der Waals surface area contributed by atoms with E-state index in [2.05, 4.69) is 46.8 Å². The lowest BCUT2D eigenvalue weighted by Gasteiger charge is -2.36. The van der Waals surface area contributed by atoms with Crippen molar-refractivity contribution in [1.82, 2.24) is 35.4 Å².